The van der Waals surface area contributed by atoms with Gasteiger partial charge in [0.05, 0.1) is 13.4 Å². The predicted molar refractivity (Wildman–Crippen MR) is 86.0 cm³/mol. The largest absolute Gasteiger partial charge is 0.512 e. The summed E-state index contributed by atoms with van der Waals surface area (Å²) in [6.07, 6.45) is 2.50. The van der Waals surface area contributed by atoms with Crippen molar-refractivity contribution in [1.29, 1.82) is 0 Å². The van der Waals surface area contributed by atoms with Crippen LogP contribution in [0.1, 0.15) is 20.8 Å². The zero-order valence-electron chi connectivity index (χ0n) is 13.4. The Balaban J connectivity index is 3.01. The van der Waals surface area contributed by atoms with Crippen LogP contribution in [0.15, 0.2) is 42.7 Å². The molecule has 0 amide bonds. The first-order valence-corrected chi connectivity index (χ1v) is 8.99. The minimum atomic E-state index is -2.25. The highest BCUT2D eigenvalue weighted by molar-refractivity contribution is 6.89. The molecule has 0 N–H and O–H groups in total. The van der Waals surface area contributed by atoms with E-state index in [0.29, 0.717) is 6.04 Å². The molecule has 1 atom stereocenters. The van der Waals surface area contributed by atoms with Crippen molar-refractivity contribution in [2.75, 3.05) is 14.2 Å². The zero-order valence-corrected chi connectivity index (χ0v) is 14.4. The Morgan fingerprint density at radius 1 is 1.19 bits per heavy atom. The quantitative estimate of drug-likeness (QED) is 0.474. The summed E-state index contributed by atoms with van der Waals surface area (Å²) in [6, 6.07) is 11.0. The van der Waals surface area contributed by atoms with E-state index < -0.39 is 14.5 Å². The third-order valence-corrected chi connectivity index (χ3v) is 8.83. The van der Waals surface area contributed by atoms with E-state index >= 15 is 0 Å². The number of hydrogen-bond acceptors (Lipinski definition) is 4. The molecular formula is C16H24O4Si. The summed E-state index contributed by atoms with van der Waals surface area (Å²) in [4.78, 5) is 11.0. The summed E-state index contributed by atoms with van der Waals surface area (Å²) in [5.41, 5.74) is 0. The maximum Gasteiger partial charge on any atom is 0.512 e. The fourth-order valence-electron chi connectivity index (χ4n) is 2.44. The van der Waals surface area contributed by atoms with Crippen molar-refractivity contribution in [3.8, 4) is 0 Å². The van der Waals surface area contributed by atoms with Crippen molar-refractivity contribution in [2.45, 2.75) is 31.9 Å². The molecule has 1 aromatic rings. The number of allylic oxidation sites excluding steroid dienone is 1. The van der Waals surface area contributed by atoms with Crippen LogP contribution < -0.4 is 5.19 Å². The monoisotopic (exact) mass is 308 g/mol. The summed E-state index contributed by atoms with van der Waals surface area (Å²) < 4.78 is 15.3. The Labute approximate surface area is 127 Å². The van der Waals surface area contributed by atoms with Crippen molar-refractivity contribution in [3.05, 3.63) is 42.7 Å². The molecule has 21 heavy (non-hydrogen) atoms. The molecule has 0 spiro atoms. The molecule has 0 bridgehead atoms. The number of ether oxygens (including phenoxy) is 2. The minimum Gasteiger partial charge on any atom is -0.437 e. The second-order valence-electron chi connectivity index (χ2n) is 5.80. The summed E-state index contributed by atoms with van der Waals surface area (Å²) in [6.45, 7) is 6.56. The molecule has 0 aromatic heterocycles. The second-order valence-corrected chi connectivity index (χ2v) is 10.3. The average molecular weight is 308 g/mol. The van der Waals surface area contributed by atoms with Gasteiger partial charge in [-0.2, -0.15) is 0 Å². The molecule has 1 rings (SSSR count). The van der Waals surface area contributed by atoms with Crippen LogP contribution in [0.4, 0.5) is 4.79 Å². The van der Waals surface area contributed by atoms with Gasteiger partial charge in [-0.05, 0) is 22.3 Å². The van der Waals surface area contributed by atoms with E-state index in [2.05, 4.69) is 37.6 Å². The van der Waals surface area contributed by atoms with E-state index in [1.807, 2.05) is 24.3 Å². The van der Waals surface area contributed by atoms with E-state index in [1.54, 1.807) is 7.11 Å². The van der Waals surface area contributed by atoms with Crippen molar-refractivity contribution in [1.82, 2.24) is 0 Å². The van der Waals surface area contributed by atoms with Crippen LogP contribution in [0.3, 0.4) is 0 Å². The average Bonchev–Trinajstić information content (AvgIpc) is 2.47. The predicted octanol–water partition coefficient (Wildman–Crippen LogP) is 3.58. The Kier molecular flexibility index (Phi) is 6.17. The molecule has 1 unspecified atom stereocenters. The summed E-state index contributed by atoms with van der Waals surface area (Å²) in [5, 5.41) is 1.22. The molecule has 0 saturated carbocycles. The topological polar surface area (TPSA) is 44.8 Å². The van der Waals surface area contributed by atoms with Crippen molar-refractivity contribution < 1.29 is 18.7 Å². The fourth-order valence-corrected chi connectivity index (χ4v) is 6.33. The summed E-state index contributed by atoms with van der Waals surface area (Å²) in [7, 11) is 0.796. The van der Waals surface area contributed by atoms with Crippen LogP contribution in [-0.4, -0.2) is 28.7 Å². The normalized spacial score (nSPS) is 14.7. The standard InChI is InChI=1S/C16H24O4Si/c1-16(2,3)21(19-5,14-10-7-6-8-11-14)13-9-12-20-15(17)18-4/h6-12H,13H2,1-5H3/b12-9-. The smallest absolute Gasteiger partial charge is 0.437 e. The first kappa shape index (κ1) is 17.5. The van der Waals surface area contributed by atoms with Crippen LogP contribution in [-0.2, 0) is 13.9 Å². The molecule has 0 heterocycles. The lowest BCUT2D eigenvalue weighted by atomic mass is 10.2. The fraction of sp³-hybridized carbons (Fsp3) is 0.438. The van der Waals surface area contributed by atoms with Gasteiger partial charge >= 0.3 is 6.16 Å². The summed E-state index contributed by atoms with van der Waals surface area (Å²) >= 11 is 0. The highest BCUT2D eigenvalue weighted by Gasteiger charge is 2.46. The van der Waals surface area contributed by atoms with Crippen LogP contribution in [0, 0.1) is 0 Å². The van der Waals surface area contributed by atoms with E-state index in [0.717, 1.165) is 0 Å². The Morgan fingerprint density at radius 2 is 1.81 bits per heavy atom. The molecule has 4 nitrogen and oxygen atoms in total. The van der Waals surface area contributed by atoms with Crippen LogP contribution in [0.5, 0.6) is 0 Å². The van der Waals surface area contributed by atoms with E-state index in [-0.39, 0.29) is 5.04 Å². The van der Waals surface area contributed by atoms with Crippen LogP contribution in [0.25, 0.3) is 0 Å². The Hall–Kier alpha value is -1.59. The highest BCUT2D eigenvalue weighted by Crippen LogP contribution is 2.39. The molecule has 0 aliphatic rings. The Morgan fingerprint density at radius 3 is 2.29 bits per heavy atom. The molecule has 0 aliphatic heterocycles. The van der Waals surface area contributed by atoms with Gasteiger partial charge in [0.2, 0.25) is 8.32 Å². The van der Waals surface area contributed by atoms with Crippen LogP contribution >= 0.6 is 0 Å². The maximum absolute atomic E-state index is 11.0. The van der Waals surface area contributed by atoms with Gasteiger partial charge in [0.1, 0.15) is 0 Å². The van der Waals surface area contributed by atoms with E-state index in [9.17, 15) is 4.79 Å². The molecule has 0 fully saturated rings. The third kappa shape index (κ3) is 4.19. The number of methoxy groups -OCH3 is 1. The van der Waals surface area contributed by atoms with Gasteiger partial charge in [-0.25, -0.2) is 4.79 Å². The first-order valence-electron chi connectivity index (χ1n) is 6.87. The molecule has 0 radical (unpaired) electrons. The van der Waals surface area contributed by atoms with Crippen molar-refractivity contribution in [3.63, 3.8) is 0 Å². The van der Waals surface area contributed by atoms with E-state index in [1.165, 1.54) is 18.6 Å². The molecule has 1 aromatic carbocycles. The lowest BCUT2D eigenvalue weighted by Crippen LogP contribution is -2.56. The molecule has 116 valence electrons. The SMILES string of the molecule is COC(=O)O/C=C\C[Si](OC)(c1ccccc1)C(C)(C)C. The number of rotatable bonds is 5. The highest BCUT2D eigenvalue weighted by atomic mass is 28.4. The number of benzene rings is 1. The molecule has 0 aliphatic carbocycles. The van der Waals surface area contributed by atoms with Gasteiger partial charge in [0.15, 0.2) is 0 Å². The van der Waals surface area contributed by atoms with Gasteiger partial charge in [-0.1, -0.05) is 51.1 Å². The minimum absolute atomic E-state index is 0.00128. The molecule has 5 heteroatoms. The first-order chi connectivity index (χ1) is 9.87. The van der Waals surface area contributed by atoms with Gasteiger partial charge in [0, 0.05) is 7.11 Å². The summed E-state index contributed by atoms with van der Waals surface area (Å²) in [5.74, 6) is 0. The molecule has 0 saturated heterocycles. The van der Waals surface area contributed by atoms with Crippen LogP contribution in [0.2, 0.25) is 11.1 Å². The van der Waals surface area contributed by atoms with E-state index in [4.69, 9.17) is 9.16 Å². The number of carbonyl (C=O) groups excluding carboxylic acids is 1. The van der Waals surface area contributed by atoms with Gasteiger partial charge < -0.3 is 13.9 Å². The number of hydrogen-bond donors (Lipinski definition) is 0. The zero-order chi connectivity index (χ0) is 15.9. The molecular weight excluding hydrogens is 284 g/mol. The van der Waals surface area contributed by atoms with Crippen molar-refractivity contribution in [2.24, 2.45) is 0 Å². The third-order valence-electron chi connectivity index (χ3n) is 3.63. The van der Waals surface area contributed by atoms with Crippen molar-refractivity contribution >= 4 is 19.7 Å². The second kappa shape index (κ2) is 7.43. The van der Waals surface area contributed by atoms with Gasteiger partial charge in [0.25, 0.3) is 0 Å². The lowest BCUT2D eigenvalue weighted by Gasteiger charge is -2.41. The van der Waals surface area contributed by atoms with Gasteiger partial charge in [-0.3, -0.25) is 0 Å². The number of carbonyl (C=O) groups is 1. The van der Waals surface area contributed by atoms with Gasteiger partial charge in [-0.15, -0.1) is 0 Å². The maximum atomic E-state index is 11.0. The lowest BCUT2D eigenvalue weighted by molar-refractivity contribution is 0.106. The Bertz CT molecular complexity index is 479.